The Morgan fingerprint density at radius 2 is 1.79 bits per heavy atom. The molecule has 0 aliphatic carbocycles. The molecule has 0 spiro atoms. The van der Waals surface area contributed by atoms with Crippen LogP contribution in [0.25, 0.3) is 0 Å². The van der Waals surface area contributed by atoms with Crippen molar-refractivity contribution in [2.75, 3.05) is 19.1 Å². The first-order valence-corrected chi connectivity index (χ1v) is 8.13. The molecule has 0 aliphatic heterocycles. The normalized spacial score (nSPS) is 10.6. The molecule has 0 aliphatic rings. The standard InChI is InChI=1S/C17H29ClO/c1-2-3-4-5-6-7-10-13-16-19-17-14-11-8-9-12-15-18/h7-8,10,14H,2-6,9,12-13,15-17H2,1H3/b10-7-. The fraction of sp³-hybridized carbons (Fsp3) is 0.706. The van der Waals surface area contributed by atoms with Crippen LogP contribution in [0.2, 0.25) is 0 Å². The zero-order valence-electron chi connectivity index (χ0n) is 12.4. The van der Waals surface area contributed by atoms with Gasteiger partial charge >= 0.3 is 0 Å². The minimum absolute atomic E-state index is 0.654. The Morgan fingerprint density at radius 1 is 0.947 bits per heavy atom. The van der Waals surface area contributed by atoms with Gasteiger partial charge in [-0.3, -0.25) is 0 Å². The van der Waals surface area contributed by atoms with Crippen molar-refractivity contribution in [3.8, 4) is 0 Å². The summed E-state index contributed by atoms with van der Waals surface area (Å²) in [4.78, 5) is 0. The number of rotatable bonds is 13. The van der Waals surface area contributed by atoms with Crippen molar-refractivity contribution < 1.29 is 4.74 Å². The SMILES string of the molecule is CCCCCC/C=C\CCOCC=C=CCCCCl. The van der Waals surface area contributed by atoms with E-state index in [0.29, 0.717) is 6.61 Å². The molecule has 0 heterocycles. The molecular formula is C17H29ClO. The Bertz CT molecular complexity index is 252. The smallest absolute Gasteiger partial charge is 0.0721 e. The molecule has 0 bridgehead atoms. The van der Waals surface area contributed by atoms with Crippen molar-refractivity contribution in [3.63, 3.8) is 0 Å². The van der Waals surface area contributed by atoms with Gasteiger partial charge in [0.1, 0.15) is 0 Å². The summed E-state index contributed by atoms with van der Waals surface area (Å²) >= 11 is 5.57. The fourth-order valence-electron chi connectivity index (χ4n) is 1.61. The first kappa shape index (κ1) is 18.5. The van der Waals surface area contributed by atoms with E-state index in [1.807, 2.05) is 12.2 Å². The Balaban J connectivity index is 3.21. The highest BCUT2D eigenvalue weighted by atomic mass is 35.5. The lowest BCUT2D eigenvalue weighted by atomic mass is 10.1. The van der Waals surface area contributed by atoms with E-state index >= 15 is 0 Å². The summed E-state index contributed by atoms with van der Waals surface area (Å²) < 4.78 is 5.47. The molecular weight excluding hydrogens is 256 g/mol. The van der Waals surface area contributed by atoms with Crippen LogP contribution in [0.4, 0.5) is 0 Å². The molecule has 0 fully saturated rings. The predicted octanol–water partition coefficient (Wildman–Crippen LogP) is 5.65. The van der Waals surface area contributed by atoms with Crippen molar-refractivity contribution >= 4 is 11.6 Å². The first-order valence-electron chi connectivity index (χ1n) is 7.60. The number of unbranched alkanes of at least 4 members (excludes halogenated alkanes) is 5. The van der Waals surface area contributed by atoms with Crippen molar-refractivity contribution in [1.29, 1.82) is 0 Å². The van der Waals surface area contributed by atoms with Crippen LogP contribution < -0.4 is 0 Å². The molecule has 0 saturated carbocycles. The number of hydrogen-bond donors (Lipinski definition) is 0. The molecule has 0 rings (SSSR count). The minimum Gasteiger partial charge on any atom is -0.376 e. The Labute approximate surface area is 124 Å². The van der Waals surface area contributed by atoms with Crippen molar-refractivity contribution in [2.45, 2.75) is 58.3 Å². The van der Waals surface area contributed by atoms with Crippen LogP contribution in [0.5, 0.6) is 0 Å². The Kier molecular flexibility index (Phi) is 17.1. The summed E-state index contributed by atoms with van der Waals surface area (Å²) in [6.07, 6.45) is 18.1. The third-order valence-electron chi connectivity index (χ3n) is 2.74. The first-order chi connectivity index (χ1) is 9.41. The third kappa shape index (κ3) is 17.5. The second-order valence-electron chi connectivity index (χ2n) is 4.59. The molecule has 0 atom stereocenters. The van der Waals surface area contributed by atoms with Gasteiger partial charge in [0.2, 0.25) is 0 Å². The van der Waals surface area contributed by atoms with E-state index in [1.165, 1.54) is 32.1 Å². The molecule has 1 nitrogen and oxygen atoms in total. The van der Waals surface area contributed by atoms with Crippen LogP contribution >= 0.6 is 11.6 Å². The summed E-state index contributed by atoms with van der Waals surface area (Å²) in [5.41, 5.74) is 3.10. The molecule has 19 heavy (non-hydrogen) atoms. The second-order valence-corrected chi connectivity index (χ2v) is 4.97. The molecule has 2 heteroatoms. The predicted molar refractivity (Wildman–Crippen MR) is 85.9 cm³/mol. The van der Waals surface area contributed by atoms with Crippen LogP contribution in [0.3, 0.4) is 0 Å². The van der Waals surface area contributed by atoms with E-state index in [2.05, 4.69) is 24.8 Å². The largest absolute Gasteiger partial charge is 0.376 e. The van der Waals surface area contributed by atoms with Gasteiger partial charge in [-0.2, -0.15) is 0 Å². The van der Waals surface area contributed by atoms with Crippen LogP contribution in [0.1, 0.15) is 58.3 Å². The number of halogens is 1. The van der Waals surface area contributed by atoms with Gasteiger partial charge in [-0.25, -0.2) is 0 Å². The molecule has 0 N–H and O–H groups in total. The Hall–Kier alpha value is -0.490. The van der Waals surface area contributed by atoms with Crippen LogP contribution in [0.15, 0.2) is 30.0 Å². The minimum atomic E-state index is 0.654. The lowest BCUT2D eigenvalue weighted by Crippen LogP contribution is -1.91. The number of allylic oxidation sites excluding steroid dienone is 1. The second kappa shape index (κ2) is 17.5. The van der Waals surface area contributed by atoms with Gasteiger partial charge in [0.05, 0.1) is 13.2 Å². The van der Waals surface area contributed by atoms with Gasteiger partial charge in [-0.1, -0.05) is 38.3 Å². The molecule has 0 aromatic rings. The Morgan fingerprint density at radius 3 is 2.58 bits per heavy atom. The maximum atomic E-state index is 5.57. The van der Waals surface area contributed by atoms with Gasteiger partial charge in [0.25, 0.3) is 0 Å². The van der Waals surface area contributed by atoms with E-state index in [1.54, 1.807) is 0 Å². The van der Waals surface area contributed by atoms with Crippen molar-refractivity contribution in [2.24, 2.45) is 0 Å². The maximum absolute atomic E-state index is 5.57. The highest BCUT2D eigenvalue weighted by molar-refractivity contribution is 6.17. The monoisotopic (exact) mass is 284 g/mol. The van der Waals surface area contributed by atoms with Gasteiger partial charge in [-0.05, 0) is 44.3 Å². The van der Waals surface area contributed by atoms with Gasteiger partial charge in [-0.15, -0.1) is 17.3 Å². The molecule has 0 aromatic heterocycles. The lowest BCUT2D eigenvalue weighted by Gasteiger charge is -1.96. The average Bonchev–Trinajstić information content (AvgIpc) is 2.43. The fourth-order valence-corrected chi connectivity index (χ4v) is 1.77. The van der Waals surface area contributed by atoms with Crippen molar-refractivity contribution in [1.82, 2.24) is 0 Å². The van der Waals surface area contributed by atoms with Crippen LogP contribution in [0, 0.1) is 0 Å². The lowest BCUT2D eigenvalue weighted by molar-refractivity contribution is 0.167. The summed E-state index contributed by atoms with van der Waals surface area (Å²) in [6.45, 7) is 3.70. The highest BCUT2D eigenvalue weighted by Gasteiger charge is 1.85. The maximum Gasteiger partial charge on any atom is 0.0721 e. The molecule has 0 radical (unpaired) electrons. The molecule has 110 valence electrons. The number of ether oxygens (including phenoxy) is 1. The molecule has 0 aromatic carbocycles. The van der Waals surface area contributed by atoms with Gasteiger partial charge in [0.15, 0.2) is 0 Å². The number of hydrogen-bond acceptors (Lipinski definition) is 1. The third-order valence-corrected chi connectivity index (χ3v) is 3.01. The van der Waals surface area contributed by atoms with Crippen LogP contribution in [-0.2, 0) is 4.74 Å². The van der Waals surface area contributed by atoms with Gasteiger partial charge < -0.3 is 4.74 Å². The van der Waals surface area contributed by atoms with E-state index < -0.39 is 0 Å². The van der Waals surface area contributed by atoms with Gasteiger partial charge in [0, 0.05) is 5.88 Å². The zero-order chi connectivity index (χ0) is 14.0. The number of alkyl halides is 1. The molecule has 0 unspecified atom stereocenters. The zero-order valence-corrected chi connectivity index (χ0v) is 13.1. The summed E-state index contributed by atoms with van der Waals surface area (Å²) in [5.74, 6) is 0.722. The van der Waals surface area contributed by atoms with E-state index in [-0.39, 0.29) is 0 Å². The van der Waals surface area contributed by atoms with E-state index in [0.717, 1.165) is 31.7 Å². The highest BCUT2D eigenvalue weighted by Crippen LogP contribution is 2.03. The topological polar surface area (TPSA) is 9.23 Å². The molecule has 0 saturated heterocycles. The average molecular weight is 285 g/mol. The molecule has 0 amide bonds. The van der Waals surface area contributed by atoms with E-state index in [4.69, 9.17) is 16.3 Å². The quantitative estimate of drug-likeness (QED) is 0.184. The summed E-state index contributed by atoms with van der Waals surface area (Å²) in [7, 11) is 0. The van der Waals surface area contributed by atoms with Crippen molar-refractivity contribution in [3.05, 3.63) is 30.0 Å². The summed E-state index contributed by atoms with van der Waals surface area (Å²) in [6, 6.07) is 0. The summed E-state index contributed by atoms with van der Waals surface area (Å²) in [5, 5.41) is 0. The van der Waals surface area contributed by atoms with Crippen LogP contribution in [-0.4, -0.2) is 19.1 Å². The van der Waals surface area contributed by atoms with E-state index in [9.17, 15) is 0 Å².